The van der Waals surface area contributed by atoms with Gasteiger partial charge in [0.2, 0.25) is 0 Å². The molecule has 0 amide bonds. The Balaban J connectivity index is 1.74. The lowest BCUT2D eigenvalue weighted by molar-refractivity contribution is -0.384. The largest absolute Gasteiger partial charge is 0.545 e. The summed E-state index contributed by atoms with van der Waals surface area (Å²) in [5.74, 6) is -1.26. The van der Waals surface area contributed by atoms with Crippen LogP contribution in [0.1, 0.15) is 10.4 Å². The second kappa shape index (κ2) is 7.44. The van der Waals surface area contributed by atoms with Crippen LogP contribution in [0.4, 0.5) is 5.69 Å². The molecule has 6 nitrogen and oxygen atoms in total. The number of carboxylic acids is 1. The van der Waals surface area contributed by atoms with Gasteiger partial charge in [-0.2, -0.15) is 0 Å². The molecule has 0 aliphatic heterocycles. The van der Waals surface area contributed by atoms with Gasteiger partial charge in [0.1, 0.15) is 0 Å². The molecular formula is C22H12BrN2O4-. The number of pyridine rings is 1. The van der Waals surface area contributed by atoms with Gasteiger partial charge in [-0.15, -0.1) is 0 Å². The van der Waals surface area contributed by atoms with Crippen molar-refractivity contribution in [3.63, 3.8) is 0 Å². The number of hydrogen-bond acceptors (Lipinski definition) is 5. The van der Waals surface area contributed by atoms with E-state index in [0.29, 0.717) is 16.6 Å². The van der Waals surface area contributed by atoms with Crippen LogP contribution >= 0.6 is 15.9 Å². The number of carbonyl (C=O) groups excluding carboxylic acids is 1. The molecule has 7 heteroatoms. The van der Waals surface area contributed by atoms with Crippen LogP contribution in [-0.2, 0) is 0 Å². The van der Waals surface area contributed by atoms with Gasteiger partial charge in [0.15, 0.2) is 0 Å². The molecule has 0 unspecified atom stereocenters. The zero-order valence-electron chi connectivity index (χ0n) is 14.8. The first-order chi connectivity index (χ1) is 13.9. The molecule has 1 aromatic heterocycles. The van der Waals surface area contributed by atoms with Crippen LogP contribution in [0.3, 0.4) is 0 Å². The molecular weight excluding hydrogens is 436 g/mol. The van der Waals surface area contributed by atoms with Gasteiger partial charge in [-0.25, -0.2) is 4.98 Å². The molecule has 0 N–H and O–H groups in total. The lowest BCUT2D eigenvalue weighted by Crippen LogP contribution is -2.22. The van der Waals surface area contributed by atoms with E-state index in [1.165, 1.54) is 18.2 Å². The molecule has 4 rings (SSSR count). The fourth-order valence-corrected chi connectivity index (χ4v) is 3.48. The molecule has 0 bridgehead atoms. The number of hydrogen-bond donors (Lipinski definition) is 0. The van der Waals surface area contributed by atoms with E-state index < -0.39 is 10.9 Å². The first-order valence-electron chi connectivity index (χ1n) is 8.59. The van der Waals surface area contributed by atoms with Gasteiger partial charge in [0.25, 0.3) is 5.69 Å². The van der Waals surface area contributed by atoms with E-state index >= 15 is 0 Å². The fourth-order valence-electron chi connectivity index (χ4n) is 3.12. The Morgan fingerprint density at radius 2 is 1.45 bits per heavy atom. The average Bonchev–Trinajstić information content (AvgIpc) is 2.73. The molecule has 0 spiro atoms. The molecule has 1 heterocycles. The zero-order chi connectivity index (χ0) is 20.5. The number of carboxylic acid groups (broad SMARTS) is 1. The Bertz CT molecular complexity index is 1250. The van der Waals surface area contributed by atoms with Crippen molar-refractivity contribution in [1.29, 1.82) is 0 Å². The van der Waals surface area contributed by atoms with Crippen molar-refractivity contribution >= 4 is 38.5 Å². The third-order valence-corrected chi connectivity index (χ3v) is 5.08. The summed E-state index contributed by atoms with van der Waals surface area (Å²) >= 11 is 3.34. The minimum Gasteiger partial charge on any atom is -0.545 e. The van der Waals surface area contributed by atoms with E-state index in [1.54, 1.807) is 30.3 Å². The first-order valence-corrected chi connectivity index (χ1v) is 9.38. The van der Waals surface area contributed by atoms with E-state index in [9.17, 15) is 20.0 Å². The number of rotatable bonds is 4. The van der Waals surface area contributed by atoms with Crippen molar-refractivity contribution in [2.24, 2.45) is 0 Å². The molecule has 0 radical (unpaired) electrons. The number of nitro benzene ring substituents is 1. The Morgan fingerprint density at radius 1 is 0.862 bits per heavy atom. The number of nitrogens with zero attached hydrogens (tertiary/aromatic N) is 2. The first kappa shape index (κ1) is 18.8. The summed E-state index contributed by atoms with van der Waals surface area (Å²) in [7, 11) is 0. The van der Waals surface area contributed by atoms with Gasteiger partial charge in [-0.1, -0.05) is 40.2 Å². The molecule has 29 heavy (non-hydrogen) atoms. The molecule has 0 saturated heterocycles. The molecule has 0 fully saturated rings. The minimum atomic E-state index is -1.26. The topological polar surface area (TPSA) is 96.2 Å². The van der Waals surface area contributed by atoms with Crippen molar-refractivity contribution in [2.45, 2.75) is 0 Å². The molecule has 3 aromatic carbocycles. The van der Waals surface area contributed by atoms with Crippen LogP contribution in [0.5, 0.6) is 0 Å². The van der Waals surface area contributed by atoms with Crippen molar-refractivity contribution < 1.29 is 14.8 Å². The predicted octanol–water partition coefficient (Wildman–Crippen LogP) is 4.60. The number of carbonyl (C=O) groups is 1. The van der Waals surface area contributed by atoms with Gasteiger partial charge in [-0.05, 0) is 47.5 Å². The number of aromatic carboxylic acids is 1. The predicted molar refractivity (Wildman–Crippen MR) is 111 cm³/mol. The molecule has 0 aliphatic carbocycles. The lowest BCUT2D eigenvalue weighted by Gasteiger charge is -2.11. The van der Waals surface area contributed by atoms with E-state index in [-0.39, 0.29) is 11.3 Å². The van der Waals surface area contributed by atoms with Crippen LogP contribution in [0.15, 0.2) is 77.3 Å². The Hall–Kier alpha value is -3.58. The molecule has 4 aromatic rings. The monoisotopic (exact) mass is 447 g/mol. The Kier molecular flexibility index (Phi) is 4.82. The summed E-state index contributed by atoms with van der Waals surface area (Å²) in [6, 6.07) is 20.4. The van der Waals surface area contributed by atoms with Crippen LogP contribution in [0.2, 0.25) is 0 Å². The average molecular weight is 448 g/mol. The highest BCUT2D eigenvalue weighted by Gasteiger charge is 2.10. The van der Waals surface area contributed by atoms with Gasteiger partial charge in [0.05, 0.1) is 22.1 Å². The Labute approximate surface area is 173 Å². The molecule has 0 atom stereocenters. The maximum atomic E-state index is 11.6. The summed E-state index contributed by atoms with van der Waals surface area (Å²) in [4.78, 5) is 26.5. The highest BCUT2D eigenvalue weighted by atomic mass is 79.9. The van der Waals surface area contributed by atoms with Crippen LogP contribution in [0.25, 0.3) is 33.3 Å². The standard InChI is InChI=1S/C22H13BrN2O4/c23-16-7-10-20-18(11-16)19(22(26)27)12-21(24-20)15-3-1-13(2-4-15)14-5-8-17(9-6-14)25(28)29/h1-12H,(H,26,27)/p-1. The van der Waals surface area contributed by atoms with Crippen molar-refractivity contribution in [2.75, 3.05) is 0 Å². The van der Waals surface area contributed by atoms with Gasteiger partial charge < -0.3 is 9.90 Å². The highest BCUT2D eigenvalue weighted by Crippen LogP contribution is 2.29. The van der Waals surface area contributed by atoms with Gasteiger partial charge in [-0.3, -0.25) is 10.1 Å². The number of fused-ring (bicyclic) bond motifs is 1. The summed E-state index contributed by atoms with van der Waals surface area (Å²) in [5.41, 5.74) is 3.67. The molecule has 142 valence electrons. The van der Waals surface area contributed by atoms with Crippen molar-refractivity contribution in [3.05, 3.63) is 92.9 Å². The third-order valence-electron chi connectivity index (χ3n) is 4.58. The SMILES string of the molecule is O=C([O-])c1cc(-c2ccc(-c3ccc([N+](=O)[O-])cc3)cc2)nc2ccc(Br)cc12. The van der Waals surface area contributed by atoms with E-state index in [2.05, 4.69) is 20.9 Å². The van der Waals surface area contributed by atoms with E-state index in [4.69, 9.17) is 0 Å². The highest BCUT2D eigenvalue weighted by molar-refractivity contribution is 9.10. The van der Waals surface area contributed by atoms with Crippen LogP contribution < -0.4 is 5.11 Å². The lowest BCUT2D eigenvalue weighted by atomic mass is 10.0. The van der Waals surface area contributed by atoms with Crippen LogP contribution in [-0.4, -0.2) is 15.9 Å². The summed E-state index contributed by atoms with van der Waals surface area (Å²) < 4.78 is 0.759. The number of halogens is 1. The van der Waals surface area contributed by atoms with Crippen LogP contribution in [0, 0.1) is 10.1 Å². The number of non-ortho nitro benzene ring substituents is 1. The van der Waals surface area contributed by atoms with Gasteiger partial charge in [0, 0.05) is 33.1 Å². The minimum absolute atomic E-state index is 0.0344. The second-order valence-corrected chi connectivity index (χ2v) is 7.30. The maximum absolute atomic E-state index is 11.6. The van der Waals surface area contributed by atoms with Crippen molar-refractivity contribution in [1.82, 2.24) is 4.98 Å². The zero-order valence-corrected chi connectivity index (χ0v) is 16.4. The summed E-state index contributed by atoms with van der Waals surface area (Å²) in [6.45, 7) is 0. The fraction of sp³-hybridized carbons (Fsp3) is 0. The maximum Gasteiger partial charge on any atom is 0.269 e. The van der Waals surface area contributed by atoms with E-state index in [1.807, 2.05) is 24.3 Å². The number of nitro groups is 1. The third kappa shape index (κ3) is 3.72. The number of benzene rings is 3. The second-order valence-electron chi connectivity index (χ2n) is 6.39. The summed E-state index contributed by atoms with van der Waals surface area (Å²) in [6.07, 6.45) is 0. The Morgan fingerprint density at radius 3 is 2.03 bits per heavy atom. The van der Waals surface area contributed by atoms with Crippen molar-refractivity contribution in [3.8, 4) is 22.4 Å². The van der Waals surface area contributed by atoms with Gasteiger partial charge >= 0.3 is 0 Å². The molecule has 0 aliphatic rings. The summed E-state index contributed by atoms with van der Waals surface area (Å²) in [5, 5.41) is 22.9. The normalized spacial score (nSPS) is 10.8. The quantitative estimate of drug-likeness (QED) is 0.336. The van der Waals surface area contributed by atoms with E-state index in [0.717, 1.165) is 21.2 Å². The smallest absolute Gasteiger partial charge is 0.269 e. The number of aromatic nitrogens is 1. The molecule has 0 saturated carbocycles.